The van der Waals surface area contributed by atoms with Crippen molar-refractivity contribution >= 4 is 82.1 Å². The van der Waals surface area contributed by atoms with Crippen molar-refractivity contribution in [1.82, 2.24) is 15.0 Å². The van der Waals surface area contributed by atoms with Crippen LogP contribution in [0.15, 0.2) is 83.0 Å². The number of anilines is 5. The van der Waals surface area contributed by atoms with E-state index >= 15 is 0 Å². The van der Waals surface area contributed by atoms with Crippen molar-refractivity contribution in [3.05, 3.63) is 117 Å². The first-order chi connectivity index (χ1) is 23.0. The number of nitrogens with zero attached hydrogens (tertiary/aromatic N) is 6. The molecule has 7 aromatic rings. The summed E-state index contributed by atoms with van der Waals surface area (Å²) in [6.45, 7) is 16.9. The number of hydrogen-bond donors (Lipinski definition) is 1. The molecule has 4 aromatic carbocycles. The van der Waals surface area contributed by atoms with Crippen LogP contribution in [0, 0.1) is 55.4 Å². The lowest BCUT2D eigenvalue weighted by molar-refractivity contribution is 1.10. The van der Waals surface area contributed by atoms with Gasteiger partial charge in [0.1, 0.15) is 11.5 Å². The Balaban J connectivity index is 1.43. The molecule has 0 saturated heterocycles. The van der Waals surface area contributed by atoms with Gasteiger partial charge < -0.3 is 5.32 Å². The van der Waals surface area contributed by atoms with Gasteiger partial charge >= 0.3 is 0 Å². The lowest BCUT2D eigenvalue weighted by Gasteiger charge is -2.27. The third-order valence-electron chi connectivity index (χ3n) is 8.42. The molecule has 7 rings (SSSR count). The van der Waals surface area contributed by atoms with Crippen LogP contribution >= 0.6 is 22.7 Å². The van der Waals surface area contributed by atoms with Crippen LogP contribution in [-0.4, -0.2) is 15.0 Å². The van der Waals surface area contributed by atoms with E-state index in [1.807, 2.05) is 6.07 Å². The zero-order valence-corrected chi connectivity index (χ0v) is 30.1. The largest absolute Gasteiger partial charge is 0.338 e. The van der Waals surface area contributed by atoms with Gasteiger partial charge in [-0.3, -0.25) is 4.90 Å². The van der Waals surface area contributed by atoms with E-state index in [4.69, 9.17) is 20.1 Å². The number of fused-ring (bicyclic) bond motifs is 2. The average Bonchev–Trinajstić information content (AvgIpc) is 3.63. The molecule has 0 radical (unpaired) electrons. The number of thiazole rings is 2. The second-order valence-corrected chi connectivity index (χ2v) is 14.6. The lowest BCUT2D eigenvalue weighted by Crippen LogP contribution is -2.15. The maximum absolute atomic E-state index is 5.34. The summed E-state index contributed by atoms with van der Waals surface area (Å²) in [5.41, 5.74) is 13.7. The number of nitrogens with one attached hydrogen (secondary N) is 1. The highest BCUT2D eigenvalue weighted by molar-refractivity contribution is 7.22. The Bertz CT molecular complexity index is 2310. The number of benzene rings is 4. The van der Waals surface area contributed by atoms with Crippen molar-refractivity contribution in [1.29, 1.82) is 0 Å². The van der Waals surface area contributed by atoms with Crippen LogP contribution in [0.3, 0.4) is 0 Å². The smallest absolute Gasteiger partial charge is 0.231 e. The Hall–Kier alpha value is -4.99. The summed E-state index contributed by atoms with van der Waals surface area (Å²) >= 11 is 3.19. The number of hydrogen-bond acceptors (Lipinski definition) is 9. The monoisotopic (exact) mass is 667 g/mol. The van der Waals surface area contributed by atoms with Gasteiger partial charge in [-0.25, -0.2) is 15.0 Å². The van der Waals surface area contributed by atoms with Crippen molar-refractivity contribution < 1.29 is 0 Å². The molecular formula is C39H37N7S2. The fourth-order valence-corrected chi connectivity index (χ4v) is 8.17. The molecule has 7 nitrogen and oxygen atoms in total. The predicted octanol–water partition coefficient (Wildman–Crippen LogP) is 12.4. The van der Waals surface area contributed by atoms with Crippen LogP contribution in [0.25, 0.3) is 20.4 Å². The fraction of sp³-hybridized carbons (Fsp3) is 0.205. The van der Waals surface area contributed by atoms with Crippen molar-refractivity contribution in [2.45, 2.75) is 55.4 Å². The predicted molar refractivity (Wildman–Crippen MR) is 204 cm³/mol. The topological polar surface area (TPSA) is 78.7 Å². The van der Waals surface area contributed by atoms with E-state index in [-0.39, 0.29) is 0 Å². The van der Waals surface area contributed by atoms with Crippen LogP contribution in [0.4, 0.5) is 39.0 Å². The van der Waals surface area contributed by atoms with Crippen molar-refractivity contribution in [3.63, 3.8) is 0 Å². The van der Waals surface area contributed by atoms with Crippen LogP contribution in [-0.2, 0) is 0 Å². The number of aryl methyl sites for hydroxylation is 8. The highest BCUT2D eigenvalue weighted by Crippen LogP contribution is 2.45. The van der Waals surface area contributed by atoms with E-state index in [1.165, 1.54) is 28.0 Å². The van der Waals surface area contributed by atoms with Crippen molar-refractivity contribution in [2.75, 3.05) is 10.2 Å². The summed E-state index contributed by atoms with van der Waals surface area (Å²) in [4.78, 5) is 17.4. The fourth-order valence-electron chi connectivity index (χ4n) is 6.42. The van der Waals surface area contributed by atoms with E-state index in [0.717, 1.165) is 70.6 Å². The maximum Gasteiger partial charge on any atom is 0.231 e. The molecule has 1 N–H and O–H groups in total. The lowest BCUT2D eigenvalue weighted by atomic mass is 10.0. The van der Waals surface area contributed by atoms with Gasteiger partial charge in [0.25, 0.3) is 0 Å². The second kappa shape index (κ2) is 12.6. The first kappa shape index (κ1) is 31.6. The number of aromatic nitrogens is 3. The number of azo groups is 1. The molecule has 0 atom stereocenters. The Morgan fingerprint density at radius 1 is 0.583 bits per heavy atom. The minimum absolute atomic E-state index is 0.606. The summed E-state index contributed by atoms with van der Waals surface area (Å²) in [7, 11) is 0. The number of para-hydroxylation sites is 1. The summed E-state index contributed by atoms with van der Waals surface area (Å²) in [6.07, 6.45) is 0. The first-order valence-electron chi connectivity index (χ1n) is 15.9. The molecule has 0 aliphatic heterocycles. The Labute approximate surface area is 289 Å². The Morgan fingerprint density at radius 3 is 1.96 bits per heavy atom. The number of pyridine rings is 1. The normalized spacial score (nSPS) is 11.7. The van der Waals surface area contributed by atoms with Gasteiger partial charge in [0.2, 0.25) is 5.13 Å². The molecule has 0 aliphatic rings. The van der Waals surface area contributed by atoms with Gasteiger partial charge in [0.05, 0.1) is 26.1 Å². The zero-order valence-electron chi connectivity index (χ0n) is 28.4. The first-order valence-corrected chi connectivity index (χ1v) is 17.6. The summed E-state index contributed by atoms with van der Waals surface area (Å²) in [5, 5.41) is 14.6. The van der Waals surface area contributed by atoms with Gasteiger partial charge in [0.15, 0.2) is 10.9 Å². The maximum atomic E-state index is 5.34. The molecule has 0 unspecified atom stereocenters. The van der Waals surface area contributed by atoms with Crippen molar-refractivity contribution in [2.24, 2.45) is 10.2 Å². The highest BCUT2D eigenvalue weighted by Gasteiger charge is 2.24. The van der Waals surface area contributed by atoms with Crippen LogP contribution in [0.5, 0.6) is 0 Å². The molecule has 3 aromatic heterocycles. The Kier molecular flexibility index (Phi) is 8.27. The summed E-state index contributed by atoms with van der Waals surface area (Å²) < 4.78 is 2.21. The SMILES string of the molecule is Cc1cc(C)c(Nc2nc(N(c3nc4ccccc4s3)c3c(C)cc(C)cc3C)cc(C)c2N=Nc2nc3cc(C)ccc3s2)c(C)c1. The quantitative estimate of drug-likeness (QED) is 0.171. The van der Waals surface area contributed by atoms with Gasteiger partial charge in [-0.2, -0.15) is 0 Å². The molecule has 48 heavy (non-hydrogen) atoms. The Morgan fingerprint density at radius 2 is 1.25 bits per heavy atom. The van der Waals surface area contributed by atoms with Crippen LogP contribution in [0.1, 0.15) is 44.5 Å². The van der Waals surface area contributed by atoms with Crippen LogP contribution in [0.2, 0.25) is 0 Å². The molecule has 0 bridgehead atoms. The summed E-state index contributed by atoms with van der Waals surface area (Å²) in [5.74, 6) is 1.37. The molecule has 0 saturated carbocycles. The van der Waals surface area contributed by atoms with Crippen LogP contribution < -0.4 is 10.2 Å². The van der Waals surface area contributed by atoms with E-state index in [2.05, 4.69) is 137 Å². The molecule has 3 heterocycles. The molecule has 240 valence electrons. The van der Waals surface area contributed by atoms with Gasteiger partial charge in [-0.15, -0.1) is 10.2 Å². The van der Waals surface area contributed by atoms with Crippen molar-refractivity contribution in [3.8, 4) is 0 Å². The van der Waals surface area contributed by atoms with E-state index in [1.54, 1.807) is 11.3 Å². The third kappa shape index (κ3) is 6.07. The van der Waals surface area contributed by atoms with Gasteiger partial charge in [0, 0.05) is 5.69 Å². The number of rotatable bonds is 7. The van der Waals surface area contributed by atoms with E-state index < -0.39 is 0 Å². The van der Waals surface area contributed by atoms with Gasteiger partial charge in [-0.05, 0) is 119 Å². The minimum Gasteiger partial charge on any atom is -0.338 e. The highest BCUT2D eigenvalue weighted by atomic mass is 32.1. The third-order valence-corrected chi connectivity index (χ3v) is 10.4. The zero-order chi connectivity index (χ0) is 33.7. The van der Waals surface area contributed by atoms with E-state index in [0.29, 0.717) is 16.6 Å². The molecular weight excluding hydrogens is 631 g/mol. The van der Waals surface area contributed by atoms with Gasteiger partial charge in [-0.1, -0.05) is 76.3 Å². The van der Waals surface area contributed by atoms with E-state index in [9.17, 15) is 0 Å². The molecule has 0 fully saturated rings. The minimum atomic E-state index is 0.606. The second-order valence-electron chi connectivity index (χ2n) is 12.6. The molecule has 0 amide bonds. The molecule has 0 spiro atoms. The summed E-state index contributed by atoms with van der Waals surface area (Å²) in [6, 6.07) is 25.4. The standard InChI is InChI=1S/C39H37N7S2/c1-21-13-14-32-30(19-21)40-38(47-32)45-44-35-26(6)20-33(42-37(35)43-34-24(4)15-22(2)16-25(34)5)46(36-27(7)17-23(3)18-28(36)8)39-41-29-11-9-10-12-31(29)48-39/h9-20H,1-8H3,(H,42,43). The average molecular weight is 668 g/mol. The molecule has 9 heteroatoms. The molecule has 0 aliphatic carbocycles.